The van der Waals surface area contributed by atoms with Crippen molar-refractivity contribution < 1.29 is 9.84 Å². The zero-order valence-corrected chi connectivity index (χ0v) is 10.7. The molecule has 0 radical (unpaired) electrons. The number of ether oxygens (including phenoxy) is 1. The Balaban J connectivity index is 1.92. The molecule has 0 bridgehead atoms. The Bertz CT molecular complexity index is 343. The number of rotatable bonds is 5. The van der Waals surface area contributed by atoms with Crippen molar-refractivity contribution in [3.8, 4) is 0 Å². The molecule has 1 aromatic rings. The minimum atomic E-state index is -0.182. The SMILES string of the molecule is CCC1(CC)C(O)CC1OCc1ccccc1. The van der Waals surface area contributed by atoms with E-state index in [2.05, 4.69) is 26.0 Å². The zero-order chi connectivity index (χ0) is 12.3. The predicted octanol–water partition coefficient (Wildman–Crippen LogP) is 3.14. The third-order valence-corrected chi connectivity index (χ3v) is 4.35. The molecule has 1 aliphatic carbocycles. The van der Waals surface area contributed by atoms with Crippen LogP contribution in [0.2, 0.25) is 0 Å². The van der Waals surface area contributed by atoms with Crippen LogP contribution in [0.5, 0.6) is 0 Å². The number of aliphatic hydroxyl groups is 1. The van der Waals surface area contributed by atoms with E-state index in [0.29, 0.717) is 6.61 Å². The third-order valence-electron chi connectivity index (χ3n) is 4.35. The van der Waals surface area contributed by atoms with Gasteiger partial charge in [0, 0.05) is 11.8 Å². The van der Waals surface area contributed by atoms with Gasteiger partial charge in [-0.3, -0.25) is 0 Å². The van der Waals surface area contributed by atoms with Crippen molar-refractivity contribution >= 4 is 0 Å². The highest BCUT2D eigenvalue weighted by Crippen LogP contribution is 2.49. The summed E-state index contributed by atoms with van der Waals surface area (Å²) in [6.45, 7) is 4.94. The summed E-state index contributed by atoms with van der Waals surface area (Å²) in [4.78, 5) is 0. The molecule has 1 aliphatic rings. The lowest BCUT2D eigenvalue weighted by Gasteiger charge is -2.52. The summed E-state index contributed by atoms with van der Waals surface area (Å²) >= 11 is 0. The van der Waals surface area contributed by atoms with E-state index in [1.807, 2.05) is 18.2 Å². The van der Waals surface area contributed by atoms with Crippen LogP contribution in [0.15, 0.2) is 30.3 Å². The van der Waals surface area contributed by atoms with E-state index < -0.39 is 0 Å². The fourth-order valence-corrected chi connectivity index (χ4v) is 2.91. The van der Waals surface area contributed by atoms with Crippen LogP contribution in [0.1, 0.15) is 38.7 Å². The Morgan fingerprint density at radius 3 is 2.41 bits per heavy atom. The molecule has 2 atom stereocenters. The molecule has 1 fully saturated rings. The van der Waals surface area contributed by atoms with Crippen molar-refractivity contribution in [1.82, 2.24) is 0 Å². The van der Waals surface area contributed by atoms with Gasteiger partial charge in [0.05, 0.1) is 18.8 Å². The van der Waals surface area contributed by atoms with Gasteiger partial charge in [0.1, 0.15) is 0 Å². The van der Waals surface area contributed by atoms with Crippen molar-refractivity contribution in [3.63, 3.8) is 0 Å². The second kappa shape index (κ2) is 5.19. The van der Waals surface area contributed by atoms with Crippen LogP contribution in [0.25, 0.3) is 0 Å². The Morgan fingerprint density at radius 2 is 1.88 bits per heavy atom. The van der Waals surface area contributed by atoms with Crippen LogP contribution in [0.3, 0.4) is 0 Å². The molecule has 0 heterocycles. The van der Waals surface area contributed by atoms with E-state index in [4.69, 9.17) is 4.74 Å². The van der Waals surface area contributed by atoms with Gasteiger partial charge in [-0.25, -0.2) is 0 Å². The average Bonchev–Trinajstić information content (AvgIpc) is 2.37. The maximum atomic E-state index is 9.95. The lowest BCUT2D eigenvalue weighted by atomic mass is 9.60. The Labute approximate surface area is 104 Å². The first kappa shape index (κ1) is 12.6. The summed E-state index contributed by atoms with van der Waals surface area (Å²) in [5.74, 6) is 0. The molecule has 0 spiro atoms. The minimum absolute atomic E-state index is 0.00518. The summed E-state index contributed by atoms with van der Waals surface area (Å²) in [7, 11) is 0. The summed E-state index contributed by atoms with van der Waals surface area (Å²) in [5.41, 5.74) is 1.20. The number of hydrogen-bond donors (Lipinski definition) is 1. The first-order valence-electron chi connectivity index (χ1n) is 6.56. The van der Waals surface area contributed by atoms with Crippen LogP contribution in [-0.4, -0.2) is 17.3 Å². The van der Waals surface area contributed by atoms with E-state index in [1.165, 1.54) is 5.56 Å². The van der Waals surface area contributed by atoms with Crippen LogP contribution in [-0.2, 0) is 11.3 Å². The second-order valence-electron chi connectivity index (χ2n) is 4.98. The van der Waals surface area contributed by atoms with Gasteiger partial charge in [-0.15, -0.1) is 0 Å². The fraction of sp³-hybridized carbons (Fsp3) is 0.600. The molecule has 1 N–H and O–H groups in total. The van der Waals surface area contributed by atoms with Crippen molar-refractivity contribution in [2.24, 2.45) is 5.41 Å². The van der Waals surface area contributed by atoms with Gasteiger partial charge in [0.15, 0.2) is 0 Å². The Morgan fingerprint density at radius 1 is 1.24 bits per heavy atom. The van der Waals surface area contributed by atoms with Gasteiger partial charge in [-0.05, 0) is 18.4 Å². The number of hydrogen-bond acceptors (Lipinski definition) is 2. The topological polar surface area (TPSA) is 29.5 Å². The van der Waals surface area contributed by atoms with Gasteiger partial charge in [0.2, 0.25) is 0 Å². The highest BCUT2D eigenvalue weighted by atomic mass is 16.5. The van der Waals surface area contributed by atoms with Gasteiger partial charge >= 0.3 is 0 Å². The fourth-order valence-electron chi connectivity index (χ4n) is 2.91. The standard InChI is InChI=1S/C15H22O2/c1-3-15(4-2)13(16)10-14(15)17-11-12-8-6-5-7-9-12/h5-9,13-14,16H,3-4,10-11H2,1-2H3. The van der Waals surface area contributed by atoms with Crippen molar-refractivity contribution in [2.45, 2.75) is 51.9 Å². The molecule has 1 aromatic carbocycles. The first-order valence-corrected chi connectivity index (χ1v) is 6.56. The molecule has 2 unspecified atom stereocenters. The molecule has 0 aliphatic heterocycles. The number of aliphatic hydroxyl groups excluding tert-OH is 1. The van der Waals surface area contributed by atoms with E-state index in [9.17, 15) is 5.11 Å². The van der Waals surface area contributed by atoms with Crippen molar-refractivity contribution in [3.05, 3.63) is 35.9 Å². The summed E-state index contributed by atoms with van der Waals surface area (Å²) in [6, 6.07) is 10.2. The molecule has 0 saturated heterocycles. The maximum Gasteiger partial charge on any atom is 0.0720 e. The lowest BCUT2D eigenvalue weighted by Crippen LogP contribution is -2.57. The van der Waals surface area contributed by atoms with Crippen LogP contribution in [0, 0.1) is 5.41 Å². The van der Waals surface area contributed by atoms with Crippen molar-refractivity contribution in [2.75, 3.05) is 0 Å². The van der Waals surface area contributed by atoms with Gasteiger partial charge in [-0.1, -0.05) is 44.2 Å². The summed E-state index contributed by atoms with van der Waals surface area (Å²) in [5, 5.41) is 9.95. The lowest BCUT2D eigenvalue weighted by molar-refractivity contribution is -0.200. The highest BCUT2D eigenvalue weighted by Gasteiger charge is 2.52. The molecular weight excluding hydrogens is 212 g/mol. The van der Waals surface area contributed by atoms with Crippen LogP contribution in [0.4, 0.5) is 0 Å². The quantitative estimate of drug-likeness (QED) is 0.848. The average molecular weight is 234 g/mol. The monoisotopic (exact) mass is 234 g/mol. The van der Waals surface area contributed by atoms with Crippen LogP contribution < -0.4 is 0 Å². The summed E-state index contributed by atoms with van der Waals surface area (Å²) in [6.07, 6.45) is 2.80. The van der Waals surface area contributed by atoms with Crippen LogP contribution >= 0.6 is 0 Å². The van der Waals surface area contributed by atoms with Crippen molar-refractivity contribution in [1.29, 1.82) is 0 Å². The molecular formula is C15H22O2. The molecule has 2 nitrogen and oxygen atoms in total. The normalized spacial score (nSPS) is 26.5. The maximum absolute atomic E-state index is 9.95. The van der Waals surface area contributed by atoms with Gasteiger partial charge < -0.3 is 9.84 Å². The first-order chi connectivity index (χ1) is 8.23. The molecule has 17 heavy (non-hydrogen) atoms. The van der Waals surface area contributed by atoms with Gasteiger partial charge in [-0.2, -0.15) is 0 Å². The molecule has 94 valence electrons. The van der Waals surface area contributed by atoms with E-state index >= 15 is 0 Å². The number of benzene rings is 1. The molecule has 2 heteroatoms. The molecule has 1 saturated carbocycles. The highest BCUT2D eigenvalue weighted by molar-refractivity contribution is 5.14. The largest absolute Gasteiger partial charge is 0.392 e. The summed E-state index contributed by atoms with van der Waals surface area (Å²) < 4.78 is 5.97. The molecule has 0 amide bonds. The van der Waals surface area contributed by atoms with E-state index in [0.717, 1.165) is 19.3 Å². The minimum Gasteiger partial charge on any atom is -0.392 e. The smallest absolute Gasteiger partial charge is 0.0720 e. The van der Waals surface area contributed by atoms with Gasteiger partial charge in [0.25, 0.3) is 0 Å². The van der Waals surface area contributed by atoms with E-state index in [-0.39, 0.29) is 17.6 Å². The second-order valence-corrected chi connectivity index (χ2v) is 4.98. The molecule has 2 rings (SSSR count). The zero-order valence-electron chi connectivity index (χ0n) is 10.7. The third kappa shape index (κ3) is 2.24. The van der Waals surface area contributed by atoms with E-state index in [1.54, 1.807) is 0 Å². The predicted molar refractivity (Wildman–Crippen MR) is 68.7 cm³/mol. The Kier molecular flexibility index (Phi) is 3.85. The molecule has 0 aromatic heterocycles. The Hall–Kier alpha value is -0.860.